The molecule has 2 unspecified atom stereocenters. The Bertz CT molecular complexity index is 266. The van der Waals surface area contributed by atoms with E-state index in [1.807, 2.05) is 0 Å². The molecule has 0 aromatic heterocycles. The summed E-state index contributed by atoms with van der Waals surface area (Å²) in [7, 11) is 2.09. The summed E-state index contributed by atoms with van der Waals surface area (Å²) in [5, 5.41) is 7.11. The normalized spacial score (nSPS) is 26.8. The van der Waals surface area contributed by atoms with Crippen LogP contribution in [0.15, 0.2) is 11.1 Å². The molecule has 0 fully saturated rings. The van der Waals surface area contributed by atoms with E-state index in [2.05, 4.69) is 52.3 Å². The molecule has 0 radical (unpaired) electrons. The van der Waals surface area contributed by atoms with Gasteiger partial charge in [0.2, 0.25) is 0 Å². The van der Waals surface area contributed by atoms with Crippen molar-refractivity contribution in [3.8, 4) is 0 Å². The van der Waals surface area contributed by atoms with Crippen LogP contribution in [0.5, 0.6) is 0 Å². The minimum Gasteiger partial charge on any atom is -0.315 e. The van der Waals surface area contributed by atoms with Crippen LogP contribution in [-0.4, -0.2) is 26.2 Å². The Kier molecular flexibility index (Phi) is 5.68. The maximum Gasteiger partial charge on any atom is 0.0257 e. The minimum absolute atomic E-state index is 0.566. The molecule has 1 rings (SSSR count). The Labute approximate surface area is 107 Å². The second-order valence-electron chi connectivity index (χ2n) is 5.86. The van der Waals surface area contributed by atoms with Crippen LogP contribution in [0, 0.1) is 17.8 Å². The van der Waals surface area contributed by atoms with Gasteiger partial charge in [0.05, 0.1) is 0 Å². The minimum atomic E-state index is 0.566. The number of hydrogen-bond acceptors (Lipinski definition) is 2. The van der Waals surface area contributed by atoms with E-state index in [9.17, 15) is 0 Å². The van der Waals surface area contributed by atoms with Crippen molar-refractivity contribution in [2.75, 3.05) is 20.1 Å². The molecule has 0 bridgehead atoms. The smallest absolute Gasteiger partial charge is 0.0257 e. The topological polar surface area (TPSA) is 24.1 Å². The van der Waals surface area contributed by atoms with E-state index in [0.29, 0.717) is 23.8 Å². The molecule has 2 nitrogen and oxygen atoms in total. The van der Waals surface area contributed by atoms with Crippen LogP contribution in [0.1, 0.15) is 41.0 Å². The lowest BCUT2D eigenvalue weighted by Gasteiger charge is -2.33. The van der Waals surface area contributed by atoms with Gasteiger partial charge < -0.3 is 10.6 Å². The van der Waals surface area contributed by atoms with E-state index in [1.165, 1.54) is 6.42 Å². The first-order valence-electron chi connectivity index (χ1n) is 7.12. The van der Waals surface area contributed by atoms with Crippen molar-refractivity contribution < 1.29 is 0 Å². The fourth-order valence-electron chi connectivity index (χ4n) is 3.29. The summed E-state index contributed by atoms with van der Waals surface area (Å²) in [6.07, 6.45) is 1.18. The van der Waals surface area contributed by atoms with Crippen LogP contribution < -0.4 is 10.6 Å². The van der Waals surface area contributed by atoms with Gasteiger partial charge in [-0.3, -0.25) is 0 Å². The van der Waals surface area contributed by atoms with Crippen molar-refractivity contribution in [1.29, 1.82) is 0 Å². The summed E-state index contributed by atoms with van der Waals surface area (Å²) >= 11 is 0. The SMILES string of the molecule is CCC1=C(C(C)C)C(C(C)C)C(NC)CNC1. The molecule has 0 saturated carbocycles. The lowest BCUT2D eigenvalue weighted by Crippen LogP contribution is -2.43. The highest BCUT2D eigenvalue weighted by Crippen LogP contribution is 2.34. The van der Waals surface area contributed by atoms with Crippen LogP contribution >= 0.6 is 0 Å². The van der Waals surface area contributed by atoms with Crippen LogP contribution in [0.4, 0.5) is 0 Å². The molecule has 0 aliphatic carbocycles. The van der Waals surface area contributed by atoms with E-state index >= 15 is 0 Å². The molecule has 0 spiro atoms. The molecule has 0 saturated heterocycles. The van der Waals surface area contributed by atoms with Crippen molar-refractivity contribution in [1.82, 2.24) is 10.6 Å². The standard InChI is InChI=1S/C15H30N2/c1-7-12-8-17-9-13(16-6)15(11(4)5)14(12)10(2)3/h10-11,13,15-17H,7-9H2,1-6H3. The summed E-state index contributed by atoms with van der Waals surface area (Å²) < 4.78 is 0. The first-order valence-corrected chi connectivity index (χ1v) is 7.12. The maximum absolute atomic E-state index is 3.60. The summed E-state index contributed by atoms with van der Waals surface area (Å²) in [5.41, 5.74) is 3.34. The second kappa shape index (κ2) is 6.55. The van der Waals surface area contributed by atoms with Crippen LogP contribution in [0.25, 0.3) is 0 Å². The lowest BCUT2D eigenvalue weighted by molar-refractivity contribution is 0.312. The molecule has 2 atom stereocenters. The number of nitrogens with one attached hydrogen (secondary N) is 2. The van der Waals surface area contributed by atoms with Crippen molar-refractivity contribution in [3.05, 3.63) is 11.1 Å². The van der Waals surface area contributed by atoms with Crippen molar-refractivity contribution in [2.45, 2.75) is 47.1 Å². The zero-order chi connectivity index (χ0) is 13.0. The number of hydrogen-bond donors (Lipinski definition) is 2. The quantitative estimate of drug-likeness (QED) is 0.736. The average molecular weight is 238 g/mol. The number of rotatable bonds is 4. The van der Waals surface area contributed by atoms with E-state index in [-0.39, 0.29) is 0 Å². The van der Waals surface area contributed by atoms with E-state index in [1.54, 1.807) is 11.1 Å². The maximum atomic E-state index is 3.60. The predicted molar refractivity (Wildman–Crippen MR) is 76.2 cm³/mol. The average Bonchev–Trinajstić information content (AvgIpc) is 2.46. The fourth-order valence-corrected chi connectivity index (χ4v) is 3.29. The molecule has 1 aliphatic rings. The van der Waals surface area contributed by atoms with Gasteiger partial charge in [-0.05, 0) is 31.2 Å². The van der Waals surface area contributed by atoms with E-state index in [4.69, 9.17) is 0 Å². The van der Waals surface area contributed by atoms with Gasteiger partial charge in [0, 0.05) is 19.1 Å². The van der Waals surface area contributed by atoms with Gasteiger partial charge in [-0.1, -0.05) is 45.8 Å². The van der Waals surface area contributed by atoms with Gasteiger partial charge in [-0.25, -0.2) is 0 Å². The Hall–Kier alpha value is -0.340. The van der Waals surface area contributed by atoms with E-state index in [0.717, 1.165) is 13.1 Å². The molecular formula is C15H30N2. The highest BCUT2D eigenvalue weighted by atomic mass is 15.0. The van der Waals surface area contributed by atoms with Gasteiger partial charge in [0.25, 0.3) is 0 Å². The summed E-state index contributed by atoms with van der Waals surface area (Å²) in [6, 6.07) is 0.566. The van der Waals surface area contributed by atoms with Gasteiger partial charge in [-0.15, -0.1) is 0 Å². The Morgan fingerprint density at radius 1 is 1.29 bits per heavy atom. The third-order valence-electron chi connectivity index (χ3n) is 4.04. The molecule has 2 heteroatoms. The lowest BCUT2D eigenvalue weighted by atomic mass is 9.75. The molecular weight excluding hydrogens is 208 g/mol. The third kappa shape index (κ3) is 3.32. The molecule has 1 heterocycles. The number of likely N-dealkylation sites (N-methyl/N-ethyl adjacent to an activating group) is 1. The van der Waals surface area contributed by atoms with Crippen LogP contribution in [-0.2, 0) is 0 Å². The Balaban J connectivity index is 3.16. The van der Waals surface area contributed by atoms with Crippen molar-refractivity contribution in [2.24, 2.45) is 17.8 Å². The Morgan fingerprint density at radius 3 is 2.35 bits per heavy atom. The molecule has 100 valence electrons. The zero-order valence-corrected chi connectivity index (χ0v) is 12.4. The largest absolute Gasteiger partial charge is 0.315 e. The molecule has 0 aromatic rings. The van der Waals surface area contributed by atoms with Gasteiger partial charge in [0.15, 0.2) is 0 Å². The molecule has 2 N–H and O–H groups in total. The third-order valence-corrected chi connectivity index (χ3v) is 4.04. The predicted octanol–water partition coefficient (Wildman–Crippen LogP) is 2.81. The van der Waals surface area contributed by atoms with Crippen LogP contribution in [0.2, 0.25) is 0 Å². The molecule has 0 amide bonds. The van der Waals surface area contributed by atoms with E-state index < -0.39 is 0 Å². The molecule has 0 aromatic carbocycles. The highest BCUT2D eigenvalue weighted by Gasteiger charge is 2.31. The van der Waals surface area contributed by atoms with Crippen molar-refractivity contribution >= 4 is 0 Å². The molecule has 17 heavy (non-hydrogen) atoms. The summed E-state index contributed by atoms with van der Waals surface area (Å²) in [4.78, 5) is 0. The zero-order valence-electron chi connectivity index (χ0n) is 12.4. The first-order chi connectivity index (χ1) is 8.02. The second-order valence-corrected chi connectivity index (χ2v) is 5.86. The first kappa shape index (κ1) is 14.7. The fraction of sp³-hybridized carbons (Fsp3) is 0.867. The summed E-state index contributed by atoms with van der Waals surface area (Å²) in [5.74, 6) is 2.03. The van der Waals surface area contributed by atoms with Crippen LogP contribution in [0.3, 0.4) is 0 Å². The van der Waals surface area contributed by atoms with Gasteiger partial charge in [-0.2, -0.15) is 0 Å². The Morgan fingerprint density at radius 2 is 1.94 bits per heavy atom. The monoisotopic (exact) mass is 238 g/mol. The van der Waals surface area contributed by atoms with Gasteiger partial charge in [0.1, 0.15) is 0 Å². The van der Waals surface area contributed by atoms with Gasteiger partial charge >= 0.3 is 0 Å². The molecule has 1 aliphatic heterocycles. The highest BCUT2D eigenvalue weighted by molar-refractivity contribution is 5.24. The van der Waals surface area contributed by atoms with Crippen molar-refractivity contribution in [3.63, 3.8) is 0 Å². The summed E-state index contributed by atoms with van der Waals surface area (Å²) in [6.45, 7) is 13.9.